The van der Waals surface area contributed by atoms with Crippen molar-refractivity contribution in [2.45, 2.75) is 33.2 Å². The van der Waals surface area contributed by atoms with Gasteiger partial charge in [-0.15, -0.1) is 0 Å². The average molecular weight is 243 g/mol. The van der Waals surface area contributed by atoms with Crippen molar-refractivity contribution in [2.24, 2.45) is 11.1 Å². The van der Waals surface area contributed by atoms with Crippen molar-refractivity contribution in [1.29, 1.82) is 0 Å². The molecule has 0 aliphatic heterocycles. The number of halogens is 1. The maximum absolute atomic E-state index is 6.00. The van der Waals surface area contributed by atoms with E-state index in [0.29, 0.717) is 17.4 Å². The maximum atomic E-state index is 6.00. The van der Waals surface area contributed by atoms with Gasteiger partial charge in [-0.3, -0.25) is 0 Å². The Balaban J connectivity index is 2.80. The fourth-order valence-corrected chi connectivity index (χ4v) is 1.63. The van der Waals surface area contributed by atoms with E-state index in [2.05, 4.69) is 36.1 Å². The van der Waals surface area contributed by atoms with Crippen LogP contribution in [0.4, 0.5) is 5.82 Å². The molecule has 0 aliphatic rings. The SMILES string of the molecule is CC(C)(C)C(CCN)Nc1ncncc1Cl. The molecular formula is C11H19ClN4. The second-order valence-electron chi connectivity index (χ2n) is 4.86. The summed E-state index contributed by atoms with van der Waals surface area (Å²) in [7, 11) is 0. The molecule has 90 valence electrons. The van der Waals surface area contributed by atoms with E-state index in [4.69, 9.17) is 17.3 Å². The second-order valence-corrected chi connectivity index (χ2v) is 5.27. The van der Waals surface area contributed by atoms with Crippen molar-refractivity contribution in [3.8, 4) is 0 Å². The molecule has 1 rings (SSSR count). The van der Waals surface area contributed by atoms with Gasteiger partial charge in [0, 0.05) is 6.04 Å². The van der Waals surface area contributed by atoms with E-state index in [9.17, 15) is 0 Å². The number of rotatable bonds is 4. The highest BCUT2D eigenvalue weighted by molar-refractivity contribution is 6.32. The summed E-state index contributed by atoms with van der Waals surface area (Å²) in [6.07, 6.45) is 3.94. The van der Waals surface area contributed by atoms with Crippen molar-refractivity contribution in [2.75, 3.05) is 11.9 Å². The van der Waals surface area contributed by atoms with Crippen molar-refractivity contribution in [3.05, 3.63) is 17.5 Å². The Hall–Kier alpha value is -0.870. The predicted molar refractivity (Wildman–Crippen MR) is 67.6 cm³/mol. The van der Waals surface area contributed by atoms with Gasteiger partial charge in [-0.1, -0.05) is 32.4 Å². The molecule has 1 unspecified atom stereocenters. The van der Waals surface area contributed by atoms with E-state index in [0.717, 1.165) is 6.42 Å². The smallest absolute Gasteiger partial charge is 0.148 e. The van der Waals surface area contributed by atoms with Crippen LogP contribution in [0.5, 0.6) is 0 Å². The maximum Gasteiger partial charge on any atom is 0.148 e. The molecule has 0 aromatic carbocycles. The molecule has 3 N–H and O–H groups in total. The summed E-state index contributed by atoms with van der Waals surface area (Å²) >= 11 is 6.00. The lowest BCUT2D eigenvalue weighted by Crippen LogP contribution is -2.36. The second kappa shape index (κ2) is 5.46. The van der Waals surface area contributed by atoms with Gasteiger partial charge in [-0.2, -0.15) is 0 Å². The van der Waals surface area contributed by atoms with Gasteiger partial charge in [0.2, 0.25) is 0 Å². The number of hydrogen-bond acceptors (Lipinski definition) is 4. The van der Waals surface area contributed by atoms with E-state index in [1.165, 1.54) is 6.33 Å². The lowest BCUT2D eigenvalue weighted by atomic mass is 9.85. The molecule has 0 aliphatic carbocycles. The van der Waals surface area contributed by atoms with Gasteiger partial charge in [0.25, 0.3) is 0 Å². The van der Waals surface area contributed by atoms with Crippen LogP contribution >= 0.6 is 11.6 Å². The van der Waals surface area contributed by atoms with E-state index in [1.54, 1.807) is 6.20 Å². The highest BCUT2D eigenvalue weighted by Gasteiger charge is 2.24. The summed E-state index contributed by atoms with van der Waals surface area (Å²) in [5, 5.41) is 3.86. The van der Waals surface area contributed by atoms with Crippen molar-refractivity contribution in [1.82, 2.24) is 9.97 Å². The molecule has 1 heterocycles. The molecule has 0 bridgehead atoms. The molecule has 0 fully saturated rings. The van der Waals surface area contributed by atoms with Crippen molar-refractivity contribution in [3.63, 3.8) is 0 Å². The van der Waals surface area contributed by atoms with Gasteiger partial charge in [0.1, 0.15) is 17.2 Å². The van der Waals surface area contributed by atoms with Crippen LogP contribution in [-0.2, 0) is 0 Å². The third-order valence-corrected chi connectivity index (χ3v) is 2.76. The molecule has 5 heteroatoms. The molecule has 0 radical (unpaired) electrons. The number of nitrogens with one attached hydrogen (secondary N) is 1. The Bertz CT molecular complexity index is 335. The monoisotopic (exact) mass is 242 g/mol. The summed E-state index contributed by atoms with van der Waals surface area (Å²) in [5.74, 6) is 0.671. The highest BCUT2D eigenvalue weighted by Crippen LogP contribution is 2.27. The first kappa shape index (κ1) is 13.2. The van der Waals surface area contributed by atoms with Gasteiger partial charge in [0.15, 0.2) is 0 Å². The van der Waals surface area contributed by atoms with Crippen LogP contribution in [0.3, 0.4) is 0 Å². The normalized spacial score (nSPS) is 13.6. The Kier molecular flexibility index (Phi) is 4.50. The molecule has 16 heavy (non-hydrogen) atoms. The fourth-order valence-electron chi connectivity index (χ4n) is 1.47. The van der Waals surface area contributed by atoms with Crippen LogP contribution in [0.25, 0.3) is 0 Å². The minimum Gasteiger partial charge on any atom is -0.365 e. The van der Waals surface area contributed by atoms with Crippen molar-refractivity contribution < 1.29 is 0 Å². The molecule has 0 saturated carbocycles. The molecule has 1 aromatic rings. The number of nitrogens with two attached hydrogens (primary N) is 1. The van der Waals surface area contributed by atoms with Gasteiger partial charge in [-0.05, 0) is 18.4 Å². The molecular weight excluding hydrogens is 224 g/mol. The zero-order valence-electron chi connectivity index (χ0n) is 10.00. The minimum atomic E-state index is 0.105. The lowest BCUT2D eigenvalue weighted by molar-refractivity contribution is 0.328. The number of aromatic nitrogens is 2. The molecule has 0 spiro atoms. The number of nitrogens with zero attached hydrogens (tertiary/aromatic N) is 2. The van der Waals surface area contributed by atoms with Crippen LogP contribution in [0.15, 0.2) is 12.5 Å². The first-order chi connectivity index (χ1) is 7.45. The lowest BCUT2D eigenvalue weighted by Gasteiger charge is -2.31. The quantitative estimate of drug-likeness (QED) is 0.851. The average Bonchev–Trinajstić information content (AvgIpc) is 2.19. The Morgan fingerprint density at radius 2 is 2.19 bits per heavy atom. The summed E-state index contributed by atoms with van der Waals surface area (Å²) in [5.41, 5.74) is 5.72. The van der Waals surface area contributed by atoms with Gasteiger partial charge >= 0.3 is 0 Å². The topological polar surface area (TPSA) is 63.8 Å². The zero-order chi connectivity index (χ0) is 12.2. The molecule has 0 amide bonds. The largest absolute Gasteiger partial charge is 0.365 e. The van der Waals surface area contributed by atoms with E-state index in [1.807, 2.05) is 0 Å². The van der Waals surface area contributed by atoms with Gasteiger partial charge in [0.05, 0.1) is 6.20 Å². The highest BCUT2D eigenvalue weighted by atomic mass is 35.5. The molecule has 1 aromatic heterocycles. The molecule has 1 atom stereocenters. The Morgan fingerprint density at radius 3 is 2.69 bits per heavy atom. The van der Waals surface area contributed by atoms with Gasteiger partial charge in [-0.25, -0.2) is 9.97 Å². The van der Waals surface area contributed by atoms with Crippen LogP contribution in [0.1, 0.15) is 27.2 Å². The molecule has 0 saturated heterocycles. The summed E-state index contributed by atoms with van der Waals surface area (Å²) in [6, 6.07) is 0.241. The number of anilines is 1. The Labute approximate surface area is 102 Å². The van der Waals surface area contributed by atoms with E-state index >= 15 is 0 Å². The third-order valence-electron chi connectivity index (χ3n) is 2.48. The summed E-state index contributed by atoms with van der Waals surface area (Å²) < 4.78 is 0. The zero-order valence-corrected chi connectivity index (χ0v) is 10.8. The fraction of sp³-hybridized carbons (Fsp3) is 0.636. The van der Waals surface area contributed by atoms with Crippen LogP contribution in [0, 0.1) is 5.41 Å². The summed E-state index contributed by atoms with van der Waals surface area (Å²) in [6.45, 7) is 7.12. The first-order valence-corrected chi connectivity index (χ1v) is 5.75. The van der Waals surface area contributed by atoms with Gasteiger partial charge < -0.3 is 11.1 Å². The van der Waals surface area contributed by atoms with Crippen LogP contribution in [0.2, 0.25) is 5.02 Å². The standard InChI is InChI=1S/C11H19ClN4/c1-11(2,3)9(4-5-13)16-10-8(12)6-14-7-15-10/h6-7,9H,4-5,13H2,1-3H3,(H,14,15,16). The number of hydrogen-bond donors (Lipinski definition) is 2. The van der Waals surface area contributed by atoms with E-state index < -0.39 is 0 Å². The minimum absolute atomic E-state index is 0.105. The van der Waals surface area contributed by atoms with E-state index in [-0.39, 0.29) is 11.5 Å². The summed E-state index contributed by atoms with van der Waals surface area (Å²) in [4.78, 5) is 7.97. The first-order valence-electron chi connectivity index (χ1n) is 5.37. The molecule has 4 nitrogen and oxygen atoms in total. The Morgan fingerprint density at radius 1 is 1.50 bits per heavy atom. The predicted octanol–water partition coefficient (Wildman–Crippen LogP) is 2.31. The van der Waals surface area contributed by atoms with Crippen molar-refractivity contribution >= 4 is 17.4 Å². The third kappa shape index (κ3) is 3.61. The van der Waals surface area contributed by atoms with Crippen LogP contribution in [-0.4, -0.2) is 22.6 Å². The van der Waals surface area contributed by atoms with Crippen LogP contribution < -0.4 is 11.1 Å².